The fourth-order valence-corrected chi connectivity index (χ4v) is 3.70. The van der Waals surface area contributed by atoms with Crippen LogP contribution >= 0.6 is 15.9 Å². The van der Waals surface area contributed by atoms with Crippen molar-refractivity contribution >= 4 is 26.8 Å². The number of piperidine rings is 1. The molecule has 1 aromatic carbocycles. The lowest BCUT2D eigenvalue weighted by molar-refractivity contribution is 0.0437. The molecule has 1 fully saturated rings. The second kappa shape index (κ2) is 6.42. The average Bonchev–Trinajstić information content (AvgIpc) is 2.49. The summed E-state index contributed by atoms with van der Waals surface area (Å²) in [5.41, 5.74) is 5.96. The van der Waals surface area contributed by atoms with Gasteiger partial charge in [0, 0.05) is 34.7 Å². The van der Waals surface area contributed by atoms with Gasteiger partial charge in [-0.15, -0.1) is 0 Å². The first-order chi connectivity index (χ1) is 10.2. The molecule has 1 aromatic heterocycles. The van der Waals surface area contributed by atoms with E-state index in [0.29, 0.717) is 12.1 Å². The van der Waals surface area contributed by atoms with E-state index in [2.05, 4.69) is 63.4 Å². The summed E-state index contributed by atoms with van der Waals surface area (Å²) in [5, 5.41) is 3.59. The predicted molar refractivity (Wildman–Crippen MR) is 90.9 cm³/mol. The van der Waals surface area contributed by atoms with E-state index in [-0.39, 0.29) is 0 Å². The quantitative estimate of drug-likeness (QED) is 0.898. The van der Waals surface area contributed by atoms with Gasteiger partial charge in [0.1, 0.15) is 0 Å². The van der Waals surface area contributed by atoms with Crippen molar-refractivity contribution in [1.82, 2.24) is 15.4 Å². The molecule has 1 aliphatic rings. The standard InChI is InChI=1S/C17H22BrN3/c1-12-5-3-6-13(2)21(12)20-11-14-8-9-16(18)15-7-4-10-19-17(14)15/h4,7-10,12-13,20H,3,5-6,11H2,1-2H3. The van der Waals surface area contributed by atoms with Crippen molar-refractivity contribution in [3.63, 3.8) is 0 Å². The molecular formula is C17H22BrN3. The van der Waals surface area contributed by atoms with E-state index in [1.807, 2.05) is 12.3 Å². The van der Waals surface area contributed by atoms with E-state index in [9.17, 15) is 0 Å². The van der Waals surface area contributed by atoms with Crippen molar-refractivity contribution < 1.29 is 0 Å². The zero-order chi connectivity index (χ0) is 14.8. The number of rotatable bonds is 3. The summed E-state index contributed by atoms with van der Waals surface area (Å²) in [5.74, 6) is 0. The number of aromatic nitrogens is 1. The fourth-order valence-electron chi connectivity index (χ4n) is 3.25. The van der Waals surface area contributed by atoms with Crippen LogP contribution in [0.15, 0.2) is 34.9 Å². The van der Waals surface area contributed by atoms with Crippen LogP contribution in [0.2, 0.25) is 0 Å². The maximum Gasteiger partial charge on any atom is 0.0758 e. The molecule has 3 rings (SSSR count). The maximum atomic E-state index is 4.56. The Balaban J connectivity index is 1.81. The lowest BCUT2D eigenvalue weighted by Gasteiger charge is -2.39. The van der Waals surface area contributed by atoms with Crippen LogP contribution < -0.4 is 5.43 Å². The van der Waals surface area contributed by atoms with Gasteiger partial charge in [0.2, 0.25) is 0 Å². The first kappa shape index (κ1) is 14.9. The Hall–Kier alpha value is -0.970. The summed E-state index contributed by atoms with van der Waals surface area (Å²) in [4.78, 5) is 4.56. The van der Waals surface area contributed by atoms with E-state index >= 15 is 0 Å². The Labute approximate surface area is 134 Å². The van der Waals surface area contributed by atoms with E-state index in [1.165, 1.54) is 30.2 Å². The SMILES string of the molecule is CC1CCCC(C)N1NCc1ccc(Br)c2cccnc12. The smallest absolute Gasteiger partial charge is 0.0758 e. The lowest BCUT2D eigenvalue weighted by Crippen LogP contribution is -2.51. The summed E-state index contributed by atoms with van der Waals surface area (Å²) >= 11 is 3.61. The predicted octanol–water partition coefficient (Wildman–Crippen LogP) is 4.26. The van der Waals surface area contributed by atoms with Gasteiger partial charge in [-0.2, -0.15) is 0 Å². The monoisotopic (exact) mass is 347 g/mol. The van der Waals surface area contributed by atoms with E-state index < -0.39 is 0 Å². The van der Waals surface area contributed by atoms with Crippen LogP contribution in [0.4, 0.5) is 0 Å². The topological polar surface area (TPSA) is 28.2 Å². The molecule has 1 N–H and O–H groups in total. The van der Waals surface area contributed by atoms with E-state index in [4.69, 9.17) is 0 Å². The van der Waals surface area contributed by atoms with Gasteiger partial charge in [-0.25, -0.2) is 5.01 Å². The minimum Gasteiger partial charge on any atom is -0.256 e. The van der Waals surface area contributed by atoms with Crippen molar-refractivity contribution in [2.24, 2.45) is 0 Å². The molecule has 0 bridgehead atoms. The zero-order valence-corrected chi connectivity index (χ0v) is 14.2. The Bertz CT molecular complexity index is 618. The molecule has 21 heavy (non-hydrogen) atoms. The number of hydrogen-bond acceptors (Lipinski definition) is 3. The molecule has 0 saturated carbocycles. The Kier molecular flexibility index (Phi) is 4.57. The number of nitrogens with zero attached hydrogens (tertiary/aromatic N) is 2. The van der Waals surface area contributed by atoms with Crippen LogP contribution in [0.25, 0.3) is 10.9 Å². The number of hydrogen-bond donors (Lipinski definition) is 1. The van der Waals surface area contributed by atoms with Crippen LogP contribution in [0.1, 0.15) is 38.7 Å². The molecule has 2 aromatic rings. The molecule has 2 heterocycles. The van der Waals surface area contributed by atoms with Gasteiger partial charge in [-0.1, -0.05) is 34.5 Å². The number of nitrogens with one attached hydrogen (secondary N) is 1. The highest BCUT2D eigenvalue weighted by molar-refractivity contribution is 9.10. The van der Waals surface area contributed by atoms with Crippen molar-refractivity contribution in [3.8, 4) is 0 Å². The van der Waals surface area contributed by atoms with Crippen LogP contribution in [0.3, 0.4) is 0 Å². The molecule has 112 valence electrons. The molecule has 4 heteroatoms. The van der Waals surface area contributed by atoms with Crippen LogP contribution in [0, 0.1) is 0 Å². The van der Waals surface area contributed by atoms with Crippen LogP contribution in [-0.4, -0.2) is 22.1 Å². The van der Waals surface area contributed by atoms with Crippen molar-refractivity contribution in [1.29, 1.82) is 0 Å². The van der Waals surface area contributed by atoms with E-state index in [0.717, 1.165) is 16.5 Å². The summed E-state index contributed by atoms with van der Waals surface area (Å²) in [6, 6.07) is 9.57. The summed E-state index contributed by atoms with van der Waals surface area (Å²) in [6.45, 7) is 5.44. The van der Waals surface area contributed by atoms with Gasteiger partial charge in [-0.3, -0.25) is 10.4 Å². The first-order valence-corrected chi connectivity index (χ1v) is 8.50. The normalized spacial score (nSPS) is 23.6. The third-order valence-electron chi connectivity index (χ3n) is 4.45. The van der Waals surface area contributed by atoms with Gasteiger partial charge >= 0.3 is 0 Å². The highest BCUT2D eigenvalue weighted by Gasteiger charge is 2.24. The number of pyridine rings is 1. The molecule has 0 amide bonds. The highest BCUT2D eigenvalue weighted by Crippen LogP contribution is 2.26. The number of halogens is 1. The second-order valence-corrected chi connectivity index (χ2v) is 6.83. The van der Waals surface area contributed by atoms with Crippen LogP contribution in [-0.2, 0) is 6.54 Å². The largest absolute Gasteiger partial charge is 0.256 e. The molecule has 1 aliphatic heterocycles. The molecule has 2 atom stereocenters. The lowest BCUT2D eigenvalue weighted by atomic mass is 10.00. The third kappa shape index (κ3) is 3.12. The van der Waals surface area contributed by atoms with Crippen LogP contribution in [0.5, 0.6) is 0 Å². The molecule has 2 unspecified atom stereocenters. The van der Waals surface area contributed by atoms with Gasteiger partial charge in [0.25, 0.3) is 0 Å². The van der Waals surface area contributed by atoms with Gasteiger partial charge < -0.3 is 0 Å². The third-order valence-corrected chi connectivity index (χ3v) is 5.14. The molecule has 0 spiro atoms. The first-order valence-electron chi connectivity index (χ1n) is 7.71. The average molecular weight is 348 g/mol. The Morgan fingerprint density at radius 2 is 2.00 bits per heavy atom. The van der Waals surface area contributed by atoms with Gasteiger partial charge in [0.05, 0.1) is 5.52 Å². The van der Waals surface area contributed by atoms with E-state index in [1.54, 1.807) is 0 Å². The summed E-state index contributed by atoms with van der Waals surface area (Å²) < 4.78 is 1.11. The molecule has 3 nitrogen and oxygen atoms in total. The Morgan fingerprint density at radius 1 is 1.24 bits per heavy atom. The molecule has 0 radical (unpaired) electrons. The minimum atomic E-state index is 0.600. The van der Waals surface area contributed by atoms with Crippen molar-refractivity contribution in [2.45, 2.75) is 51.7 Å². The van der Waals surface area contributed by atoms with Gasteiger partial charge in [-0.05, 0) is 44.4 Å². The minimum absolute atomic E-state index is 0.600. The van der Waals surface area contributed by atoms with Gasteiger partial charge in [0.15, 0.2) is 0 Å². The number of fused-ring (bicyclic) bond motifs is 1. The Morgan fingerprint density at radius 3 is 2.76 bits per heavy atom. The fraction of sp³-hybridized carbons (Fsp3) is 0.471. The summed E-state index contributed by atoms with van der Waals surface area (Å²) in [7, 11) is 0. The molecule has 0 aliphatic carbocycles. The van der Waals surface area contributed by atoms with Crippen molar-refractivity contribution in [3.05, 3.63) is 40.5 Å². The number of benzene rings is 1. The molecule has 1 saturated heterocycles. The summed E-state index contributed by atoms with van der Waals surface area (Å²) in [6.07, 6.45) is 5.75. The van der Waals surface area contributed by atoms with Crippen molar-refractivity contribution in [2.75, 3.05) is 0 Å². The zero-order valence-electron chi connectivity index (χ0n) is 12.6. The number of hydrazine groups is 1. The molecular weight excluding hydrogens is 326 g/mol. The second-order valence-electron chi connectivity index (χ2n) is 5.98. The maximum absolute atomic E-state index is 4.56. The highest BCUT2D eigenvalue weighted by atomic mass is 79.9.